The van der Waals surface area contributed by atoms with Crippen LogP contribution in [-0.4, -0.2) is 18.0 Å². The number of hydrogen-bond acceptors (Lipinski definition) is 3. The number of carbonyl (C=O) groups is 1. The van der Waals surface area contributed by atoms with Gasteiger partial charge in [0.25, 0.3) is 5.91 Å². The van der Waals surface area contributed by atoms with Crippen molar-refractivity contribution in [3.63, 3.8) is 0 Å². The van der Waals surface area contributed by atoms with E-state index in [1.807, 2.05) is 12.1 Å². The molecule has 0 bridgehead atoms. The summed E-state index contributed by atoms with van der Waals surface area (Å²) >= 11 is 0. The molecule has 0 aliphatic carbocycles. The van der Waals surface area contributed by atoms with Crippen LogP contribution in [0, 0.1) is 6.92 Å². The first kappa shape index (κ1) is 14.8. The average Bonchev–Trinajstić information content (AvgIpc) is 2.55. The van der Waals surface area contributed by atoms with Gasteiger partial charge in [0, 0.05) is 22.3 Å². The Morgan fingerprint density at radius 3 is 2.48 bits per heavy atom. The van der Waals surface area contributed by atoms with E-state index in [2.05, 4.69) is 10.3 Å². The fraction of sp³-hybridized carbons (Fsp3) is 0.111. The van der Waals surface area contributed by atoms with Gasteiger partial charge in [0.05, 0.1) is 7.11 Å². The first-order valence-corrected chi connectivity index (χ1v) is 7.17. The third-order valence-corrected chi connectivity index (χ3v) is 3.67. The number of rotatable bonds is 3. The molecule has 0 atom stereocenters. The number of benzene rings is 2. The standard InChI is InChI=1S/C18H16N2O3/c1-11-16(17(21)14-5-3-4-6-15(14)19-11)18(22)20-12-7-9-13(23-2)10-8-12/h3-10H,1-2H3,(H,19,21)(H,20,22). The number of ether oxygens (including phenoxy) is 1. The van der Waals surface area contributed by atoms with E-state index in [9.17, 15) is 9.59 Å². The lowest BCUT2D eigenvalue weighted by atomic mass is 10.1. The minimum atomic E-state index is -0.431. The van der Waals surface area contributed by atoms with Crippen molar-refractivity contribution in [1.82, 2.24) is 4.98 Å². The second kappa shape index (κ2) is 5.96. The molecule has 2 N–H and O–H groups in total. The van der Waals surface area contributed by atoms with Gasteiger partial charge in [-0.05, 0) is 43.3 Å². The molecule has 116 valence electrons. The molecule has 0 radical (unpaired) electrons. The summed E-state index contributed by atoms with van der Waals surface area (Å²) in [6, 6.07) is 14.1. The molecule has 1 aromatic heterocycles. The van der Waals surface area contributed by atoms with Crippen molar-refractivity contribution in [3.05, 3.63) is 70.0 Å². The van der Waals surface area contributed by atoms with Gasteiger partial charge >= 0.3 is 0 Å². The van der Waals surface area contributed by atoms with E-state index >= 15 is 0 Å². The van der Waals surface area contributed by atoms with Gasteiger partial charge in [0.15, 0.2) is 0 Å². The van der Waals surface area contributed by atoms with E-state index in [0.717, 1.165) is 5.52 Å². The van der Waals surface area contributed by atoms with Crippen LogP contribution in [0.5, 0.6) is 5.75 Å². The van der Waals surface area contributed by atoms with Crippen molar-refractivity contribution in [2.24, 2.45) is 0 Å². The highest BCUT2D eigenvalue weighted by molar-refractivity contribution is 6.06. The lowest BCUT2D eigenvalue weighted by Gasteiger charge is -2.09. The van der Waals surface area contributed by atoms with Crippen molar-refractivity contribution < 1.29 is 9.53 Å². The van der Waals surface area contributed by atoms with Gasteiger partial charge in [-0.25, -0.2) is 0 Å². The van der Waals surface area contributed by atoms with Crippen molar-refractivity contribution >= 4 is 22.5 Å². The predicted octanol–water partition coefficient (Wildman–Crippen LogP) is 3.10. The van der Waals surface area contributed by atoms with Crippen LogP contribution in [0.2, 0.25) is 0 Å². The lowest BCUT2D eigenvalue weighted by molar-refractivity contribution is 0.102. The molecule has 3 aromatic rings. The minimum absolute atomic E-state index is 0.125. The van der Waals surface area contributed by atoms with Crippen LogP contribution in [0.1, 0.15) is 16.1 Å². The number of anilines is 1. The Hall–Kier alpha value is -3.08. The maximum absolute atomic E-state index is 12.6. The number of nitrogens with one attached hydrogen (secondary N) is 2. The summed E-state index contributed by atoms with van der Waals surface area (Å²) in [6.07, 6.45) is 0. The maximum Gasteiger partial charge on any atom is 0.261 e. The van der Waals surface area contributed by atoms with E-state index in [4.69, 9.17) is 4.74 Å². The Bertz CT molecular complexity index is 927. The zero-order valence-electron chi connectivity index (χ0n) is 12.8. The van der Waals surface area contributed by atoms with Crippen LogP contribution < -0.4 is 15.5 Å². The third-order valence-electron chi connectivity index (χ3n) is 3.67. The van der Waals surface area contributed by atoms with Crippen LogP contribution in [0.3, 0.4) is 0 Å². The third kappa shape index (κ3) is 2.81. The summed E-state index contributed by atoms with van der Waals surface area (Å²) in [7, 11) is 1.57. The zero-order valence-corrected chi connectivity index (χ0v) is 12.8. The molecule has 1 amide bonds. The van der Waals surface area contributed by atoms with Crippen molar-refractivity contribution in [2.45, 2.75) is 6.92 Å². The Morgan fingerprint density at radius 2 is 1.78 bits per heavy atom. The van der Waals surface area contributed by atoms with E-state index in [1.54, 1.807) is 50.4 Å². The fourth-order valence-corrected chi connectivity index (χ4v) is 2.50. The topological polar surface area (TPSA) is 71.2 Å². The van der Waals surface area contributed by atoms with Crippen LogP contribution in [0.4, 0.5) is 5.69 Å². The minimum Gasteiger partial charge on any atom is -0.497 e. The van der Waals surface area contributed by atoms with Crippen molar-refractivity contribution in [1.29, 1.82) is 0 Å². The largest absolute Gasteiger partial charge is 0.497 e. The second-order valence-electron chi connectivity index (χ2n) is 5.18. The predicted molar refractivity (Wildman–Crippen MR) is 90.3 cm³/mol. The summed E-state index contributed by atoms with van der Waals surface area (Å²) in [5.41, 5.74) is 1.71. The second-order valence-corrected chi connectivity index (χ2v) is 5.18. The molecule has 5 heteroatoms. The van der Waals surface area contributed by atoms with E-state index < -0.39 is 5.91 Å². The molecule has 1 heterocycles. The highest BCUT2D eigenvalue weighted by atomic mass is 16.5. The number of amides is 1. The molecule has 0 aliphatic heterocycles. The summed E-state index contributed by atoms with van der Waals surface area (Å²) in [5, 5.41) is 3.24. The van der Waals surface area contributed by atoms with Crippen molar-refractivity contribution in [2.75, 3.05) is 12.4 Å². The first-order chi connectivity index (χ1) is 11.1. The van der Waals surface area contributed by atoms with Gasteiger partial charge in [0.1, 0.15) is 11.3 Å². The SMILES string of the molecule is COc1ccc(NC(=O)c2c(C)[nH]c3ccccc3c2=O)cc1. The van der Waals surface area contributed by atoms with Crippen LogP contribution in [0.25, 0.3) is 10.9 Å². The monoisotopic (exact) mass is 308 g/mol. The molecular formula is C18H16N2O3. The summed E-state index contributed by atoms with van der Waals surface area (Å²) in [6.45, 7) is 1.72. The van der Waals surface area contributed by atoms with Gasteiger partial charge in [-0.2, -0.15) is 0 Å². The number of methoxy groups -OCH3 is 1. The number of para-hydroxylation sites is 1. The molecule has 0 fully saturated rings. The Kier molecular flexibility index (Phi) is 3.85. The fourth-order valence-electron chi connectivity index (χ4n) is 2.50. The van der Waals surface area contributed by atoms with E-state index in [1.165, 1.54) is 0 Å². The number of aromatic amines is 1. The quantitative estimate of drug-likeness (QED) is 0.781. The molecule has 3 rings (SSSR count). The number of carbonyl (C=O) groups excluding carboxylic acids is 1. The summed E-state index contributed by atoms with van der Waals surface area (Å²) in [5.74, 6) is 0.266. The molecule has 0 spiro atoms. The zero-order chi connectivity index (χ0) is 16.4. The molecule has 5 nitrogen and oxygen atoms in total. The number of aromatic nitrogens is 1. The van der Waals surface area contributed by atoms with E-state index in [-0.39, 0.29) is 11.0 Å². The highest BCUT2D eigenvalue weighted by Crippen LogP contribution is 2.17. The molecule has 0 unspecified atom stereocenters. The number of aryl methyl sites for hydroxylation is 1. The smallest absolute Gasteiger partial charge is 0.261 e. The summed E-state index contributed by atoms with van der Waals surface area (Å²) < 4.78 is 5.08. The van der Waals surface area contributed by atoms with Crippen molar-refractivity contribution in [3.8, 4) is 5.75 Å². The van der Waals surface area contributed by atoms with Gasteiger partial charge in [-0.15, -0.1) is 0 Å². The normalized spacial score (nSPS) is 10.5. The number of fused-ring (bicyclic) bond motifs is 1. The molecule has 0 aliphatic rings. The number of hydrogen-bond donors (Lipinski definition) is 2. The Labute approximate surface area is 132 Å². The van der Waals surface area contributed by atoms with Gasteiger partial charge in [-0.1, -0.05) is 12.1 Å². The molecule has 2 aromatic carbocycles. The highest BCUT2D eigenvalue weighted by Gasteiger charge is 2.16. The number of pyridine rings is 1. The Morgan fingerprint density at radius 1 is 1.09 bits per heavy atom. The van der Waals surface area contributed by atoms with Gasteiger partial charge in [-0.3, -0.25) is 9.59 Å². The van der Waals surface area contributed by atoms with Gasteiger partial charge in [0.2, 0.25) is 5.43 Å². The van der Waals surface area contributed by atoms with Crippen LogP contribution in [0.15, 0.2) is 53.3 Å². The van der Waals surface area contributed by atoms with Crippen LogP contribution in [-0.2, 0) is 0 Å². The maximum atomic E-state index is 12.6. The van der Waals surface area contributed by atoms with E-state index in [0.29, 0.717) is 22.5 Å². The first-order valence-electron chi connectivity index (χ1n) is 7.17. The Balaban J connectivity index is 1.98. The molecule has 23 heavy (non-hydrogen) atoms. The van der Waals surface area contributed by atoms with Crippen LogP contribution >= 0.6 is 0 Å². The average molecular weight is 308 g/mol. The molecular weight excluding hydrogens is 292 g/mol. The molecule has 0 saturated heterocycles. The van der Waals surface area contributed by atoms with Gasteiger partial charge < -0.3 is 15.0 Å². The summed E-state index contributed by atoms with van der Waals surface area (Å²) in [4.78, 5) is 28.2. The molecule has 0 saturated carbocycles. The lowest BCUT2D eigenvalue weighted by Crippen LogP contribution is -2.24. The number of H-pyrrole nitrogens is 1.